The maximum absolute atomic E-state index is 2.37. The fourth-order valence-electron chi connectivity index (χ4n) is 7.77. The van der Waals surface area contributed by atoms with Gasteiger partial charge in [0.05, 0.1) is 0 Å². The van der Waals surface area contributed by atoms with Crippen molar-refractivity contribution in [2.45, 2.75) is 13.8 Å². The molecular weight excluding hydrogens is 665 g/mol. The van der Waals surface area contributed by atoms with E-state index >= 15 is 0 Å². The molecule has 2 heterocycles. The molecule has 2 aromatic heterocycles. The van der Waals surface area contributed by atoms with Crippen LogP contribution in [0.15, 0.2) is 170 Å². The summed E-state index contributed by atoms with van der Waals surface area (Å²) >= 11 is 3.75. The van der Waals surface area contributed by atoms with Crippen LogP contribution < -0.4 is 0 Å². The van der Waals surface area contributed by atoms with Gasteiger partial charge in [0.25, 0.3) is 0 Å². The summed E-state index contributed by atoms with van der Waals surface area (Å²) in [7, 11) is 0. The molecule has 8 aromatic carbocycles. The minimum Gasteiger partial charge on any atom is -0.135 e. The second-order valence-corrected chi connectivity index (χ2v) is 16.0. The third-order valence-electron chi connectivity index (χ3n) is 10.6. The first-order chi connectivity index (χ1) is 25.6. The summed E-state index contributed by atoms with van der Waals surface area (Å²) in [5.74, 6) is 0. The van der Waals surface area contributed by atoms with Crippen LogP contribution in [0.2, 0.25) is 0 Å². The van der Waals surface area contributed by atoms with Crippen molar-refractivity contribution >= 4 is 63.0 Å². The van der Waals surface area contributed by atoms with Gasteiger partial charge < -0.3 is 0 Å². The van der Waals surface area contributed by atoms with Crippen LogP contribution in [0.25, 0.3) is 96.0 Å². The van der Waals surface area contributed by atoms with Crippen LogP contribution in [0.5, 0.6) is 0 Å². The highest BCUT2D eigenvalue weighted by molar-refractivity contribution is 7.26. The molecule has 0 spiro atoms. The highest BCUT2D eigenvalue weighted by Gasteiger charge is 2.13. The molecule has 2 heteroatoms. The molecule has 10 rings (SSSR count). The van der Waals surface area contributed by atoms with Gasteiger partial charge in [-0.15, -0.1) is 22.7 Å². The second kappa shape index (κ2) is 12.5. The van der Waals surface area contributed by atoms with Gasteiger partial charge in [-0.25, -0.2) is 0 Å². The van der Waals surface area contributed by atoms with Crippen molar-refractivity contribution in [3.05, 3.63) is 181 Å². The maximum atomic E-state index is 2.37. The quantitative estimate of drug-likeness (QED) is 0.168. The normalized spacial score (nSPS) is 11.7. The van der Waals surface area contributed by atoms with Crippen molar-refractivity contribution in [2.24, 2.45) is 0 Å². The molecule has 0 bridgehead atoms. The van der Waals surface area contributed by atoms with Crippen LogP contribution >= 0.6 is 22.7 Å². The predicted molar refractivity (Wildman–Crippen MR) is 229 cm³/mol. The maximum Gasteiger partial charge on any atom is 0.0361 e. The monoisotopic (exact) mass is 698 g/mol. The molecule has 0 saturated carbocycles. The third-order valence-corrected chi connectivity index (χ3v) is 12.8. The molecular formula is C50H34S2. The van der Waals surface area contributed by atoms with E-state index in [-0.39, 0.29) is 0 Å². The first-order valence-electron chi connectivity index (χ1n) is 17.8. The van der Waals surface area contributed by atoms with Crippen LogP contribution in [0.1, 0.15) is 11.1 Å². The zero-order valence-corrected chi connectivity index (χ0v) is 30.6. The summed E-state index contributed by atoms with van der Waals surface area (Å²) in [6.07, 6.45) is 0. The van der Waals surface area contributed by atoms with Crippen LogP contribution in [0.4, 0.5) is 0 Å². The van der Waals surface area contributed by atoms with Gasteiger partial charge >= 0.3 is 0 Å². The number of aryl methyl sites for hydroxylation is 2. The number of thiophene rings is 2. The molecule has 0 aliphatic carbocycles. The Kier molecular flexibility index (Phi) is 7.42. The van der Waals surface area contributed by atoms with E-state index in [1.807, 2.05) is 22.7 Å². The van der Waals surface area contributed by atoms with Crippen molar-refractivity contribution in [1.82, 2.24) is 0 Å². The van der Waals surface area contributed by atoms with E-state index in [4.69, 9.17) is 0 Å². The van der Waals surface area contributed by atoms with Gasteiger partial charge in [-0.05, 0) is 129 Å². The van der Waals surface area contributed by atoms with E-state index in [0.717, 1.165) is 0 Å². The van der Waals surface area contributed by atoms with Gasteiger partial charge in [0.15, 0.2) is 0 Å². The van der Waals surface area contributed by atoms with Crippen LogP contribution in [0, 0.1) is 13.8 Å². The Balaban J connectivity index is 0.986. The molecule has 0 unspecified atom stereocenters. The van der Waals surface area contributed by atoms with Crippen LogP contribution in [0.3, 0.4) is 0 Å². The van der Waals surface area contributed by atoms with Gasteiger partial charge in [-0.2, -0.15) is 0 Å². The Hall–Kier alpha value is -5.80. The molecule has 0 amide bonds. The molecule has 0 saturated heterocycles. The highest BCUT2D eigenvalue weighted by atomic mass is 32.1. The van der Waals surface area contributed by atoms with Crippen molar-refractivity contribution < 1.29 is 0 Å². The van der Waals surface area contributed by atoms with Crippen molar-refractivity contribution in [2.75, 3.05) is 0 Å². The molecule has 0 fully saturated rings. The number of rotatable bonds is 5. The number of benzene rings is 8. The zero-order valence-electron chi connectivity index (χ0n) is 29.0. The summed E-state index contributed by atoms with van der Waals surface area (Å²) in [6, 6.07) is 63.1. The Labute approximate surface area is 311 Å². The molecule has 10 aromatic rings. The van der Waals surface area contributed by atoms with Gasteiger partial charge in [0.2, 0.25) is 0 Å². The third kappa shape index (κ3) is 5.35. The van der Waals surface area contributed by atoms with Gasteiger partial charge in [0.1, 0.15) is 0 Å². The molecule has 0 aliphatic rings. The Bertz CT molecular complexity index is 2790. The minimum absolute atomic E-state index is 1.22. The van der Waals surface area contributed by atoms with E-state index in [9.17, 15) is 0 Å². The molecule has 0 atom stereocenters. The Morgan fingerprint density at radius 3 is 1.12 bits per heavy atom. The lowest BCUT2D eigenvalue weighted by Gasteiger charge is -2.13. The summed E-state index contributed by atoms with van der Waals surface area (Å²) in [6.45, 7) is 4.44. The average Bonchev–Trinajstić information content (AvgIpc) is 3.76. The summed E-state index contributed by atoms with van der Waals surface area (Å²) in [5, 5.41) is 5.35. The van der Waals surface area contributed by atoms with Gasteiger partial charge in [0, 0.05) is 40.3 Å². The molecule has 52 heavy (non-hydrogen) atoms. The number of hydrogen-bond donors (Lipinski definition) is 0. The summed E-state index contributed by atoms with van der Waals surface area (Å²) in [4.78, 5) is 0. The lowest BCUT2D eigenvalue weighted by Crippen LogP contribution is -1.89. The zero-order chi connectivity index (χ0) is 34.8. The topological polar surface area (TPSA) is 0 Å². The highest BCUT2D eigenvalue weighted by Crippen LogP contribution is 2.40. The first-order valence-corrected chi connectivity index (χ1v) is 19.4. The van der Waals surface area contributed by atoms with Crippen LogP contribution in [-0.2, 0) is 0 Å². The standard InChI is InChI=1S/C50H34S2/c1-31-17-19-35(37-21-23-43-41-13-3-5-15-47(41)51-49(43)29-37)27-45(31)39-11-7-9-33(25-39)34-10-8-12-40(26-34)46-28-36(20-18-32(46)2)38-22-24-44-42-14-4-6-16-48(42)52-50(44)30-38/h3-30H,1-2H3. The SMILES string of the molecule is Cc1ccc(-c2ccc3c(c2)sc2ccccc23)cc1-c1cccc(-c2cccc(-c3cc(-c4ccc5c(c4)sc4ccccc45)ccc3C)c2)c1. The second-order valence-electron chi connectivity index (χ2n) is 13.8. The molecule has 0 nitrogen and oxygen atoms in total. The first kappa shape index (κ1) is 31.0. The molecule has 0 aliphatic heterocycles. The number of fused-ring (bicyclic) bond motifs is 6. The van der Waals surface area contributed by atoms with E-state index < -0.39 is 0 Å². The predicted octanol–water partition coefficient (Wildman–Crippen LogP) is 15.4. The fourth-order valence-corrected chi connectivity index (χ4v) is 10.1. The van der Waals surface area contributed by atoms with E-state index in [1.165, 1.54) is 107 Å². The molecule has 0 radical (unpaired) electrons. The van der Waals surface area contributed by atoms with E-state index in [1.54, 1.807) is 0 Å². The minimum atomic E-state index is 1.22. The molecule has 0 N–H and O–H groups in total. The largest absolute Gasteiger partial charge is 0.135 e. The average molecular weight is 699 g/mol. The van der Waals surface area contributed by atoms with Crippen molar-refractivity contribution in [3.8, 4) is 55.6 Å². The molecule has 246 valence electrons. The number of hydrogen-bond acceptors (Lipinski definition) is 2. The lowest BCUT2D eigenvalue weighted by atomic mass is 9.91. The van der Waals surface area contributed by atoms with Gasteiger partial charge in [-0.1, -0.05) is 121 Å². The van der Waals surface area contributed by atoms with Gasteiger partial charge in [-0.3, -0.25) is 0 Å². The fraction of sp³-hybridized carbons (Fsp3) is 0.0400. The van der Waals surface area contributed by atoms with Crippen molar-refractivity contribution in [1.29, 1.82) is 0 Å². The summed E-state index contributed by atoms with van der Waals surface area (Å²) in [5.41, 5.74) is 15.0. The van der Waals surface area contributed by atoms with E-state index in [0.29, 0.717) is 0 Å². The van der Waals surface area contributed by atoms with E-state index in [2.05, 4.69) is 184 Å². The Morgan fingerprint density at radius 1 is 0.269 bits per heavy atom. The van der Waals surface area contributed by atoms with Crippen LogP contribution in [-0.4, -0.2) is 0 Å². The summed E-state index contributed by atoms with van der Waals surface area (Å²) < 4.78 is 5.35. The van der Waals surface area contributed by atoms with Crippen molar-refractivity contribution in [3.63, 3.8) is 0 Å². The Morgan fingerprint density at radius 2 is 0.635 bits per heavy atom. The smallest absolute Gasteiger partial charge is 0.0361 e. The lowest BCUT2D eigenvalue weighted by molar-refractivity contribution is 1.45.